The Morgan fingerprint density at radius 2 is 1.95 bits per heavy atom. The number of urea groups is 1. The highest BCUT2D eigenvalue weighted by atomic mass is 19.1. The average molecular weight is 265 g/mol. The van der Waals surface area contributed by atoms with Gasteiger partial charge in [0.1, 0.15) is 5.82 Å². The molecule has 104 valence electrons. The van der Waals surface area contributed by atoms with Gasteiger partial charge in [-0.3, -0.25) is 4.90 Å². The van der Waals surface area contributed by atoms with Crippen molar-refractivity contribution < 1.29 is 9.18 Å². The Bertz CT molecular complexity index is 430. The summed E-state index contributed by atoms with van der Waals surface area (Å²) in [4.78, 5) is 16.1. The van der Waals surface area contributed by atoms with E-state index in [9.17, 15) is 9.18 Å². The first-order chi connectivity index (χ1) is 9.20. The Hall–Kier alpha value is -1.62. The number of hydrogen-bond acceptors (Lipinski definition) is 2. The van der Waals surface area contributed by atoms with Crippen LogP contribution in [-0.2, 0) is 0 Å². The molecule has 0 unspecified atom stereocenters. The highest BCUT2D eigenvalue weighted by Gasteiger charge is 2.20. The predicted molar refractivity (Wildman–Crippen MR) is 73.7 cm³/mol. The first kappa shape index (κ1) is 13.8. The summed E-state index contributed by atoms with van der Waals surface area (Å²) >= 11 is 0. The second kappa shape index (κ2) is 6.52. The van der Waals surface area contributed by atoms with Crippen LogP contribution in [0.2, 0.25) is 0 Å². The molecule has 1 fully saturated rings. The summed E-state index contributed by atoms with van der Waals surface area (Å²) in [5.41, 5.74) is 0.239. The lowest BCUT2D eigenvalue weighted by atomic mass is 10.3. The number of nitrogens with zero attached hydrogens (tertiary/aromatic N) is 2. The van der Waals surface area contributed by atoms with Gasteiger partial charge in [-0.2, -0.15) is 0 Å². The van der Waals surface area contributed by atoms with Crippen LogP contribution >= 0.6 is 0 Å². The van der Waals surface area contributed by atoms with Crippen LogP contribution in [0.3, 0.4) is 0 Å². The van der Waals surface area contributed by atoms with Gasteiger partial charge in [0.2, 0.25) is 0 Å². The number of anilines is 1. The molecule has 1 N–H and O–H groups in total. The van der Waals surface area contributed by atoms with E-state index in [1.165, 1.54) is 6.07 Å². The molecule has 2 amide bonds. The van der Waals surface area contributed by atoms with E-state index in [2.05, 4.69) is 17.1 Å². The molecule has 1 saturated heterocycles. The molecule has 1 heterocycles. The zero-order chi connectivity index (χ0) is 13.7. The fourth-order valence-corrected chi connectivity index (χ4v) is 2.25. The van der Waals surface area contributed by atoms with E-state index in [4.69, 9.17) is 0 Å². The van der Waals surface area contributed by atoms with E-state index < -0.39 is 5.82 Å². The summed E-state index contributed by atoms with van der Waals surface area (Å²) in [6.45, 7) is 6.39. The summed E-state index contributed by atoms with van der Waals surface area (Å²) in [6, 6.07) is 6.00. The van der Waals surface area contributed by atoms with E-state index in [-0.39, 0.29) is 11.7 Å². The summed E-state index contributed by atoms with van der Waals surface area (Å²) in [5.74, 6) is -0.402. The standard InChI is InChI=1S/C14H20FN3O/c1-2-7-17-8-10-18(11-9-17)14(19)16-13-6-4-3-5-12(13)15/h3-6H,2,7-11H2,1H3,(H,16,19). The van der Waals surface area contributed by atoms with Gasteiger partial charge in [-0.25, -0.2) is 9.18 Å². The number of nitrogens with one attached hydrogen (secondary N) is 1. The molecule has 0 atom stereocenters. The Morgan fingerprint density at radius 3 is 2.58 bits per heavy atom. The minimum Gasteiger partial charge on any atom is -0.322 e. The summed E-state index contributed by atoms with van der Waals surface area (Å²) in [7, 11) is 0. The quantitative estimate of drug-likeness (QED) is 0.910. The summed E-state index contributed by atoms with van der Waals surface area (Å²) in [5, 5.41) is 2.62. The fourth-order valence-electron chi connectivity index (χ4n) is 2.25. The van der Waals surface area contributed by atoms with Gasteiger partial charge in [0.25, 0.3) is 0 Å². The van der Waals surface area contributed by atoms with Crippen molar-refractivity contribution in [3.63, 3.8) is 0 Å². The first-order valence-electron chi connectivity index (χ1n) is 6.73. The molecule has 4 nitrogen and oxygen atoms in total. The summed E-state index contributed by atoms with van der Waals surface area (Å²) < 4.78 is 13.4. The third-order valence-corrected chi connectivity index (χ3v) is 3.31. The van der Waals surface area contributed by atoms with Gasteiger partial charge in [0.15, 0.2) is 0 Å². The number of halogens is 1. The molecule has 1 aromatic carbocycles. The van der Waals surface area contributed by atoms with Crippen LogP contribution in [0.25, 0.3) is 0 Å². The number of carbonyl (C=O) groups excluding carboxylic acids is 1. The van der Waals surface area contributed by atoms with Gasteiger partial charge in [0, 0.05) is 26.2 Å². The molecule has 5 heteroatoms. The first-order valence-corrected chi connectivity index (χ1v) is 6.73. The van der Waals surface area contributed by atoms with Crippen molar-refractivity contribution >= 4 is 11.7 Å². The Morgan fingerprint density at radius 1 is 1.26 bits per heavy atom. The van der Waals surface area contributed by atoms with E-state index in [0.717, 1.165) is 26.1 Å². The van der Waals surface area contributed by atoms with Gasteiger partial charge in [-0.1, -0.05) is 19.1 Å². The van der Waals surface area contributed by atoms with Crippen molar-refractivity contribution in [2.45, 2.75) is 13.3 Å². The van der Waals surface area contributed by atoms with Crippen LogP contribution in [0.4, 0.5) is 14.9 Å². The third-order valence-electron chi connectivity index (χ3n) is 3.31. The smallest absolute Gasteiger partial charge is 0.322 e. The minimum absolute atomic E-state index is 0.221. The lowest BCUT2D eigenvalue weighted by Gasteiger charge is -2.34. The number of rotatable bonds is 3. The monoisotopic (exact) mass is 265 g/mol. The van der Waals surface area contributed by atoms with Crippen molar-refractivity contribution in [2.75, 3.05) is 38.0 Å². The van der Waals surface area contributed by atoms with Crippen LogP contribution in [0.5, 0.6) is 0 Å². The molecular formula is C14H20FN3O. The van der Waals surface area contributed by atoms with Crippen LogP contribution < -0.4 is 5.32 Å². The number of amides is 2. The number of piperazine rings is 1. The van der Waals surface area contributed by atoms with E-state index in [1.54, 1.807) is 23.1 Å². The molecule has 0 bridgehead atoms. The lowest BCUT2D eigenvalue weighted by Crippen LogP contribution is -2.50. The molecule has 1 aromatic rings. The topological polar surface area (TPSA) is 35.6 Å². The van der Waals surface area contributed by atoms with Gasteiger partial charge in [0.05, 0.1) is 5.69 Å². The molecule has 0 aromatic heterocycles. The minimum atomic E-state index is -0.402. The van der Waals surface area contributed by atoms with Gasteiger partial charge >= 0.3 is 6.03 Å². The number of hydrogen-bond donors (Lipinski definition) is 1. The molecule has 19 heavy (non-hydrogen) atoms. The van der Waals surface area contributed by atoms with Crippen LogP contribution in [0.15, 0.2) is 24.3 Å². The zero-order valence-corrected chi connectivity index (χ0v) is 11.2. The van der Waals surface area contributed by atoms with Crippen molar-refractivity contribution in [3.8, 4) is 0 Å². The SMILES string of the molecule is CCCN1CCN(C(=O)Nc2ccccc2F)CC1. The van der Waals surface area contributed by atoms with Gasteiger partial charge < -0.3 is 10.2 Å². The molecule has 0 aliphatic carbocycles. The number of carbonyl (C=O) groups is 1. The van der Waals surface area contributed by atoms with Crippen LogP contribution in [0, 0.1) is 5.82 Å². The highest BCUT2D eigenvalue weighted by molar-refractivity contribution is 5.89. The van der Waals surface area contributed by atoms with Crippen LogP contribution in [0.1, 0.15) is 13.3 Å². The summed E-state index contributed by atoms with van der Waals surface area (Å²) in [6.07, 6.45) is 1.13. The van der Waals surface area contributed by atoms with Crippen molar-refractivity contribution in [3.05, 3.63) is 30.1 Å². The van der Waals surface area contributed by atoms with E-state index in [1.807, 2.05) is 0 Å². The maximum absolute atomic E-state index is 13.4. The van der Waals surface area contributed by atoms with Crippen molar-refractivity contribution in [2.24, 2.45) is 0 Å². The van der Waals surface area contributed by atoms with Gasteiger partial charge in [-0.05, 0) is 25.1 Å². The van der Waals surface area contributed by atoms with Crippen molar-refractivity contribution in [1.82, 2.24) is 9.80 Å². The second-order valence-corrected chi connectivity index (χ2v) is 4.74. The number of benzene rings is 1. The lowest BCUT2D eigenvalue weighted by molar-refractivity contribution is 0.147. The zero-order valence-electron chi connectivity index (χ0n) is 11.2. The molecule has 1 aliphatic rings. The highest BCUT2D eigenvalue weighted by Crippen LogP contribution is 2.13. The largest absolute Gasteiger partial charge is 0.322 e. The molecule has 0 saturated carbocycles. The molecule has 0 radical (unpaired) electrons. The van der Waals surface area contributed by atoms with E-state index >= 15 is 0 Å². The Labute approximate surface area is 113 Å². The van der Waals surface area contributed by atoms with Gasteiger partial charge in [-0.15, -0.1) is 0 Å². The van der Waals surface area contributed by atoms with E-state index in [0.29, 0.717) is 13.1 Å². The molecule has 0 spiro atoms. The Kier molecular flexibility index (Phi) is 4.74. The maximum Gasteiger partial charge on any atom is 0.322 e. The van der Waals surface area contributed by atoms with Crippen molar-refractivity contribution in [1.29, 1.82) is 0 Å². The van der Waals surface area contributed by atoms with Crippen LogP contribution in [-0.4, -0.2) is 48.6 Å². The second-order valence-electron chi connectivity index (χ2n) is 4.74. The maximum atomic E-state index is 13.4. The third kappa shape index (κ3) is 3.67. The fraction of sp³-hybridized carbons (Fsp3) is 0.500. The average Bonchev–Trinajstić information content (AvgIpc) is 2.42. The number of para-hydroxylation sites is 1. The molecule has 1 aliphatic heterocycles. The molecule has 2 rings (SSSR count). The predicted octanol–water partition coefficient (Wildman–Crippen LogP) is 2.39. The molecular weight excluding hydrogens is 245 g/mol. The normalized spacial score (nSPS) is 16.4. The Balaban J connectivity index is 1.87.